The first-order valence-electron chi connectivity index (χ1n) is 10.0. The fourth-order valence-corrected chi connectivity index (χ4v) is 5.31. The van der Waals surface area contributed by atoms with Crippen molar-refractivity contribution in [1.82, 2.24) is 25.2 Å². The first-order valence-corrected chi connectivity index (χ1v) is 10.0. The molecular formula is C20H24N6O2. The Morgan fingerprint density at radius 2 is 2.25 bits per heavy atom. The highest BCUT2D eigenvalue weighted by Crippen LogP contribution is 2.55. The molecule has 2 saturated heterocycles. The Bertz CT molecular complexity index is 898. The average Bonchev–Trinajstić information content (AvgIpc) is 3.45. The van der Waals surface area contributed by atoms with Crippen LogP contribution in [0, 0.1) is 5.92 Å². The summed E-state index contributed by atoms with van der Waals surface area (Å²) in [6.45, 7) is 2.12. The van der Waals surface area contributed by atoms with Crippen molar-refractivity contribution in [3.05, 3.63) is 42.2 Å². The van der Waals surface area contributed by atoms with Gasteiger partial charge in [0.25, 0.3) is 0 Å². The fourth-order valence-electron chi connectivity index (χ4n) is 5.31. The molecule has 0 bridgehead atoms. The molecule has 0 unspecified atom stereocenters. The number of nitrogens with one attached hydrogen (secondary N) is 2. The van der Waals surface area contributed by atoms with E-state index < -0.39 is 5.54 Å². The smallest absolute Gasteiger partial charge is 0.250 e. The molecule has 3 aliphatic heterocycles. The first kappa shape index (κ1) is 17.4. The molecule has 146 valence electrons. The van der Waals surface area contributed by atoms with Crippen LogP contribution in [0.25, 0.3) is 0 Å². The maximum Gasteiger partial charge on any atom is 0.250 e. The number of aryl methyl sites for hydroxylation is 1. The van der Waals surface area contributed by atoms with E-state index in [0.29, 0.717) is 19.1 Å². The van der Waals surface area contributed by atoms with Crippen LogP contribution in [0.15, 0.2) is 36.7 Å². The van der Waals surface area contributed by atoms with Crippen molar-refractivity contribution >= 4 is 17.5 Å². The largest absolute Gasteiger partial charge is 0.356 e. The lowest BCUT2D eigenvalue weighted by Crippen LogP contribution is -2.54. The zero-order chi connectivity index (χ0) is 19.1. The summed E-state index contributed by atoms with van der Waals surface area (Å²) in [4.78, 5) is 28.7. The maximum atomic E-state index is 13.2. The highest BCUT2D eigenvalue weighted by Gasteiger charge is 2.65. The van der Waals surface area contributed by atoms with E-state index in [-0.39, 0.29) is 17.7 Å². The third-order valence-corrected chi connectivity index (χ3v) is 6.43. The van der Waals surface area contributed by atoms with Crippen molar-refractivity contribution in [3.8, 4) is 0 Å². The van der Waals surface area contributed by atoms with Crippen molar-refractivity contribution < 1.29 is 9.59 Å². The Hall–Kier alpha value is -2.74. The summed E-state index contributed by atoms with van der Waals surface area (Å²) in [6, 6.07) is 8.10. The minimum absolute atomic E-state index is 0.0279. The van der Waals surface area contributed by atoms with Gasteiger partial charge in [0.05, 0.1) is 12.1 Å². The number of hydrogen-bond donors (Lipinski definition) is 2. The van der Waals surface area contributed by atoms with Crippen LogP contribution in [0.1, 0.15) is 31.2 Å². The summed E-state index contributed by atoms with van der Waals surface area (Å²) in [5.74, 6) is -0.450. The van der Waals surface area contributed by atoms with Crippen molar-refractivity contribution in [1.29, 1.82) is 0 Å². The average molecular weight is 380 g/mol. The predicted octanol–water partition coefficient (Wildman–Crippen LogP) is 1.12. The van der Waals surface area contributed by atoms with Crippen LogP contribution in [0.3, 0.4) is 0 Å². The number of fused-ring (bicyclic) bond motifs is 4. The summed E-state index contributed by atoms with van der Waals surface area (Å²) in [7, 11) is 0. The molecule has 0 radical (unpaired) electrons. The number of hydrogen-bond acceptors (Lipinski definition) is 5. The molecule has 8 nitrogen and oxygen atoms in total. The number of anilines is 1. The van der Waals surface area contributed by atoms with Crippen LogP contribution in [0.5, 0.6) is 0 Å². The molecule has 1 aromatic heterocycles. The second-order valence-corrected chi connectivity index (χ2v) is 7.85. The monoisotopic (exact) mass is 380 g/mol. The summed E-state index contributed by atoms with van der Waals surface area (Å²) in [5, 5.41) is 13.8. The Balaban J connectivity index is 1.37. The minimum Gasteiger partial charge on any atom is -0.356 e. The van der Waals surface area contributed by atoms with Gasteiger partial charge in [-0.15, -0.1) is 5.10 Å². The third kappa shape index (κ3) is 2.47. The highest BCUT2D eigenvalue weighted by atomic mass is 16.2. The number of para-hydroxylation sites is 1. The molecule has 1 spiro atoms. The summed E-state index contributed by atoms with van der Waals surface area (Å²) in [6.07, 6.45) is 7.08. The molecule has 2 amide bonds. The van der Waals surface area contributed by atoms with Crippen LogP contribution in [-0.2, 0) is 21.7 Å². The van der Waals surface area contributed by atoms with Crippen molar-refractivity contribution in [2.24, 2.45) is 5.92 Å². The Labute approximate surface area is 163 Å². The molecule has 5 rings (SSSR count). The van der Waals surface area contributed by atoms with E-state index in [1.165, 1.54) is 0 Å². The second-order valence-electron chi connectivity index (χ2n) is 7.85. The summed E-state index contributed by atoms with van der Waals surface area (Å²) in [5.41, 5.74) is 0.921. The molecule has 0 saturated carbocycles. The fraction of sp³-hybridized carbons (Fsp3) is 0.500. The van der Waals surface area contributed by atoms with Gasteiger partial charge in [-0.1, -0.05) is 23.4 Å². The molecule has 3 atom stereocenters. The van der Waals surface area contributed by atoms with Crippen LogP contribution in [0.4, 0.5) is 5.69 Å². The van der Waals surface area contributed by atoms with Gasteiger partial charge in [0.2, 0.25) is 11.8 Å². The van der Waals surface area contributed by atoms with Gasteiger partial charge < -0.3 is 10.6 Å². The SMILES string of the molecule is O=C(NCCCn1ccnn1)[C@@H]1C[C@H]2CCCN2[C@]12C(=O)Nc1ccccc12. The number of rotatable bonds is 5. The molecule has 28 heavy (non-hydrogen) atoms. The van der Waals surface area contributed by atoms with E-state index in [1.54, 1.807) is 10.9 Å². The minimum atomic E-state index is -0.867. The Morgan fingerprint density at radius 3 is 3.11 bits per heavy atom. The number of carbonyl (C=O) groups excluding carboxylic acids is 2. The summed E-state index contributed by atoms with van der Waals surface area (Å²) >= 11 is 0. The first-order chi connectivity index (χ1) is 13.7. The van der Waals surface area contributed by atoms with Gasteiger partial charge in [-0.3, -0.25) is 19.2 Å². The molecule has 3 aliphatic rings. The van der Waals surface area contributed by atoms with Gasteiger partial charge in [-0.05, 0) is 38.3 Å². The van der Waals surface area contributed by atoms with E-state index in [2.05, 4.69) is 25.8 Å². The van der Waals surface area contributed by atoms with Crippen LogP contribution < -0.4 is 10.6 Å². The van der Waals surface area contributed by atoms with Crippen LogP contribution in [0.2, 0.25) is 0 Å². The van der Waals surface area contributed by atoms with Gasteiger partial charge in [0.1, 0.15) is 5.54 Å². The zero-order valence-corrected chi connectivity index (χ0v) is 15.7. The molecular weight excluding hydrogens is 356 g/mol. The lowest BCUT2D eigenvalue weighted by atomic mass is 9.78. The topological polar surface area (TPSA) is 92.2 Å². The highest BCUT2D eigenvalue weighted by molar-refractivity contribution is 6.09. The molecule has 8 heteroatoms. The number of benzene rings is 1. The lowest BCUT2D eigenvalue weighted by molar-refractivity contribution is -0.137. The van der Waals surface area contributed by atoms with E-state index in [4.69, 9.17) is 0 Å². The van der Waals surface area contributed by atoms with E-state index in [9.17, 15) is 9.59 Å². The molecule has 2 aromatic rings. The van der Waals surface area contributed by atoms with Gasteiger partial charge in [0, 0.05) is 36.6 Å². The lowest BCUT2D eigenvalue weighted by Gasteiger charge is -2.36. The van der Waals surface area contributed by atoms with Gasteiger partial charge in [-0.2, -0.15) is 0 Å². The number of carbonyl (C=O) groups is 2. The molecule has 2 fully saturated rings. The van der Waals surface area contributed by atoms with E-state index in [1.807, 2.05) is 30.5 Å². The van der Waals surface area contributed by atoms with Crippen LogP contribution >= 0.6 is 0 Å². The molecule has 2 N–H and O–H groups in total. The van der Waals surface area contributed by atoms with Crippen molar-refractivity contribution in [2.45, 2.75) is 43.8 Å². The normalized spacial score (nSPS) is 28.4. The van der Waals surface area contributed by atoms with Crippen molar-refractivity contribution in [2.75, 3.05) is 18.4 Å². The Morgan fingerprint density at radius 1 is 1.36 bits per heavy atom. The Kier molecular flexibility index (Phi) is 4.16. The number of aromatic nitrogens is 3. The van der Waals surface area contributed by atoms with E-state index >= 15 is 0 Å². The maximum absolute atomic E-state index is 13.2. The summed E-state index contributed by atoms with van der Waals surface area (Å²) < 4.78 is 1.75. The number of amides is 2. The molecule has 1 aromatic carbocycles. The molecule has 4 heterocycles. The van der Waals surface area contributed by atoms with Crippen LogP contribution in [-0.4, -0.2) is 50.8 Å². The zero-order valence-electron chi connectivity index (χ0n) is 15.7. The molecule has 0 aliphatic carbocycles. The predicted molar refractivity (Wildman–Crippen MR) is 102 cm³/mol. The third-order valence-electron chi connectivity index (χ3n) is 6.43. The van der Waals surface area contributed by atoms with Crippen molar-refractivity contribution in [3.63, 3.8) is 0 Å². The van der Waals surface area contributed by atoms with Gasteiger partial charge in [0.15, 0.2) is 0 Å². The quantitative estimate of drug-likeness (QED) is 0.759. The standard InChI is InChI=1S/C20H24N6O2/c27-18(21-8-4-10-25-12-9-22-24-25)16-13-14-5-3-11-26(14)20(16)15-6-1-2-7-17(15)23-19(20)28/h1-2,6-7,9,12,14,16H,3-5,8,10-11,13H2,(H,21,27)(H,23,28)/t14-,16+,20+/m1/s1. The second kappa shape index (κ2) is 6.70. The number of nitrogens with zero attached hydrogens (tertiary/aromatic N) is 4. The van der Waals surface area contributed by atoms with Gasteiger partial charge >= 0.3 is 0 Å². The van der Waals surface area contributed by atoms with E-state index in [0.717, 1.165) is 43.5 Å². The van der Waals surface area contributed by atoms with Gasteiger partial charge in [-0.25, -0.2) is 0 Å².